The molecule has 7 nitrogen and oxygen atoms in total. The highest BCUT2D eigenvalue weighted by molar-refractivity contribution is 6.01. The maximum atomic E-state index is 13.6. The second kappa shape index (κ2) is 6.40. The molecule has 0 bridgehead atoms. The summed E-state index contributed by atoms with van der Waals surface area (Å²) in [5, 5.41) is 8.03. The lowest BCUT2D eigenvalue weighted by Crippen LogP contribution is -2.39. The van der Waals surface area contributed by atoms with Crippen LogP contribution in [-0.4, -0.2) is 49.0 Å². The molecular formula is C20H19FN6O. The zero-order valence-electron chi connectivity index (χ0n) is 15.4. The van der Waals surface area contributed by atoms with Crippen LogP contribution < -0.4 is 0 Å². The Morgan fingerprint density at radius 1 is 1.29 bits per heavy atom. The number of nitrogens with one attached hydrogen (secondary N) is 2. The van der Waals surface area contributed by atoms with Gasteiger partial charge in [-0.25, -0.2) is 14.4 Å². The fourth-order valence-electron chi connectivity index (χ4n) is 4.12. The van der Waals surface area contributed by atoms with E-state index < -0.39 is 0 Å². The van der Waals surface area contributed by atoms with Crippen molar-refractivity contribution in [3.8, 4) is 0 Å². The molecule has 28 heavy (non-hydrogen) atoms. The van der Waals surface area contributed by atoms with Crippen LogP contribution in [-0.2, 0) is 0 Å². The first-order valence-electron chi connectivity index (χ1n) is 9.34. The molecule has 4 aromatic rings. The molecule has 4 heterocycles. The second-order valence-corrected chi connectivity index (χ2v) is 7.27. The van der Waals surface area contributed by atoms with Crippen molar-refractivity contribution in [3.63, 3.8) is 0 Å². The minimum absolute atomic E-state index is 0.0614. The largest absolute Gasteiger partial charge is 0.350 e. The number of amides is 1. The lowest BCUT2D eigenvalue weighted by molar-refractivity contribution is 0.0700. The van der Waals surface area contributed by atoms with Crippen LogP contribution in [0.25, 0.3) is 22.1 Å². The predicted octanol–water partition coefficient (Wildman–Crippen LogP) is 3.30. The third kappa shape index (κ3) is 2.64. The highest BCUT2D eigenvalue weighted by atomic mass is 19.1. The summed E-state index contributed by atoms with van der Waals surface area (Å²) in [6.45, 7) is 3.12. The number of benzene rings is 1. The Morgan fingerprint density at radius 3 is 3.04 bits per heavy atom. The molecule has 0 aliphatic carbocycles. The number of carbonyl (C=O) groups is 1. The van der Waals surface area contributed by atoms with E-state index in [-0.39, 0.29) is 17.6 Å². The summed E-state index contributed by atoms with van der Waals surface area (Å²) < 4.78 is 13.6. The van der Waals surface area contributed by atoms with Gasteiger partial charge in [0.15, 0.2) is 5.65 Å². The van der Waals surface area contributed by atoms with E-state index in [4.69, 9.17) is 0 Å². The number of halogens is 1. The van der Waals surface area contributed by atoms with Crippen LogP contribution in [0.4, 0.5) is 4.39 Å². The fraction of sp³-hybridized carbons (Fsp3) is 0.300. The molecule has 1 amide bonds. The van der Waals surface area contributed by atoms with Crippen molar-refractivity contribution >= 4 is 28.0 Å². The molecule has 0 saturated carbocycles. The van der Waals surface area contributed by atoms with Gasteiger partial charge in [0.1, 0.15) is 17.0 Å². The average Bonchev–Trinajstić information content (AvgIpc) is 3.29. The number of fused-ring (bicyclic) bond motifs is 2. The quantitative estimate of drug-likeness (QED) is 0.560. The number of aromatic amines is 2. The lowest BCUT2D eigenvalue weighted by atomic mass is 9.94. The summed E-state index contributed by atoms with van der Waals surface area (Å²) in [4.78, 5) is 26.8. The third-order valence-corrected chi connectivity index (χ3v) is 5.57. The van der Waals surface area contributed by atoms with Crippen LogP contribution in [0.5, 0.6) is 0 Å². The molecule has 1 unspecified atom stereocenters. The first kappa shape index (κ1) is 16.9. The summed E-state index contributed by atoms with van der Waals surface area (Å²) in [7, 11) is 0. The number of likely N-dealkylation sites (tertiary alicyclic amines) is 1. The molecule has 0 radical (unpaired) electrons. The van der Waals surface area contributed by atoms with Crippen molar-refractivity contribution in [1.82, 2.24) is 30.0 Å². The molecule has 0 spiro atoms. The van der Waals surface area contributed by atoms with Crippen molar-refractivity contribution in [2.24, 2.45) is 0 Å². The van der Waals surface area contributed by atoms with E-state index in [1.54, 1.807) is 18.5 Å². The number of hydrogen-bond donors (Lipinski definition) is 2. The highest BCUT2D eigenvalue weighted by Crippen LogP contribution is 2.31. The molecule has 142 valence electrons. The zero-order valence-corrected chi connectivity index (χ0v) is 15.4. The Kier molecular flexibility index (Phi) is 3.85. The first-order chi connectivity index (χ1) is 13.6. The molecule has 1 aliphatic rings. The van der Waals surface area contributed by atoms with Gasteiger partial charge in [-0.05, 0) is 43.5 Å². The van der Waals surface area contributed by atoms with Crippen molar-refractivity contribution in [3.05, 3.63) is 53.4 Å². The number of piperidine rings is 1. The normalized spacial score (nSPS) is 17.5. The monoisotopic (exact) mass is 378 g/mol. The number of H-pyrrole nitrogens is 2. The minimum atomic E-state index is -0.307. The molecule has 8 heteroatoms. The van der Waals surface area contributed by atoms with E-state index in [2.05, 4.69) is 25.1 Å². The van der Waals surface area contributed by atoms with Crippen molar-refractivity contribution in [2.45, 2.75) is 25.7 Å². The smallest absolute Gasteiger partial charge is 0.270 e. The highest BCUT2D eigenvalue weighted by Gasteiger charge is 2.30. The third-order valence-electron chi connectivity index (χ3n) is 5.57. The van der Waals surface area contributed by atoms with E-state index in [1.807, 2.05) is 11.8 Å². The fourth-order valence-corrected chi connectivity index (χ4v) is 4.12. The SMILES string of the molecule is Cc1c(C(=O)N2CCCC(c3[nH]nc4nccnc34)C2)[nH]c2ccc(F)cc12. The summed E-state index contributed by atoms with van der Waals surface area (Å²) >= 11 is 0. The average molecular weight is 378 g/mol. The Labute approximate surface area is 160 Å². The van der Waals surface area contributed by atoms with Gasteiger partial charge in [0, 0.05) is 42.3 Å². The van der Waals surface area contributed by atoms with Crippen molar-refractivity contribution < 1.29 is 9.18 Å². The van der Waals surface area contributed by atoms with Gasteiger partial charge in [-0.2, -0.15) is 5.10 Å². The van der Waals surface area contributed by atoms with Gasteiger partial charge in [-0.15, -0.1) is 0 Å². The maximum Gasteiger partial charge on any atom is 0.270 e. The van der Waals surface area contributed by atoms with Gasteiger partial charge in [0.25, 0.3) is 5.91 Å². The number of rotatable bonds is 2. The number of aromatic nitrogens is 5. The predicted molar refractivity (Wildman–Crippen MR) is 103 cm³/mol. The van der Waals surface area contributed by atoms with Gasteiger partial charge in [-0.3, -0.25) is 9.89 Å². The van der Waals surface area contributed by atoms with E-state index in [1.165, 1.54) is 12.1 Å². The standard InChI is InChI=1S/C20H19FN6O/c1-11-14-9-13(21)4-5-15(14)24-16(11)20(28)27-8-2-3-12(10-27)17-18-19(26-25-17)23-7-6-22-18/h4-7,9,12,24H,2-3,8,10H2,1H3,(H,23,25,26). The van der Waals surface area contributed by atoms with E-state index in [0.29, 0.717) is 24.4 Å². The van der Waals surface area contributed by atoms with Crippen molar-refractivity contribution in [2.75, 3.05) is 13.1 Å². The van der Waals surface area contributed by atoms with E-state index >= 15 is 0 Å². The summed E-state index contributed by atoms with van der Waals surface area (Å²) in [5.74, 6) is -0.242. The number of aryl methyl sites for hydroxylation is 1. The molecule has 1 fully saturated rings. The topological polar surface area (TPSA) is 90.6 Å². The summed E-state index contributed by atoms with van der Waals surface area (Å²) in [6, 6.07) is 4.53. The van der Waals surface area contributed by atoms with Gasteiger partial charge in [0.2, 0.25) is 0 Å². The minimum Gasteiger partial charge on any atom is -0.350 e. The van der Waals surface area contributed by atoms with Crippen LogP contribution in [0.15, 0.2) is 30.6 Å². The number of carbonyl (C=O) groups excluding carboxylic acids is 1. The lowest BCUT2D eigenvalue weighted by Gasteiger charge is -2.32. The first-order valence-corrected chi connectivity index (χ1v) is 9.34. The Bertz CT molecular complexity index is 1200. The summed E-state index contributed by atoms with van der Waals surface area (Å²) in [6.07, 6.45) is 5.12. The van der Waals surface area contributed by atoms with Gasteiger partial charge >= 0.3 is 0 Å². The number of nitrogens with zero attached hydrogens (tertiary/aromatic N) is 4. The molecule has 1 aromatic carbocycles. The van der Waals surface area contributed by atoms with Crippen molar-refractivity contribution in [1.29, 1.82) is 0 Å². The molecule has 1 aliphatic heterocycles. The number of hydrogen-bond acceptors (Lipinski definition) is 4. The Balaban J connectivity index is 1.45. The molecule has 1 saturated heterocycles. The van der Waals surface area contributed by atoms with Gasteiger partial charge < -0.3 is 9.88 Å². The molecule has 2 N–H and O–H groups in total. The maximum absolute atomic E-state index is 13.6. The molecule has 1 atom stereocenters. The summed E-state index contributed by atoms with van der Waals surface area (Å²) in [5.41, 5.74) is 4.35. The second-order valence-electron chi connectivity index (χ2n) is 7.27. The van der Waals surface area contributed by atoms with Crippen LogP contribution >= 0.6 is 0 Å². The Morgan fingerprint density at radius 2 is 2.14 bits per heavy atom. The molecular weight excluding hydrogens is 359 g/mol. The van der Waals surface area contributed by atoms with Gasteiger partial charge in [-0.1, -0.05) is 0 Å². The van der Waals surface area contributed by atoms with E-state index in [0.717, 1.165) is 40.5 Å². The zero-order chi connectivity index (χ0) is 19.3. The van der Waals surface area contributed by atoms with Crippen LogP contribution in [0, 0.1) is 12.7 Å². The molecule has 5 rings (SSSR count). The Hall–Kier alpha value is -3.29. The van der Waals surface area contributed by atoms with E-state index in [9.17, 15) is 9.18 Å². The van der Waals surface area contributed by atoms with Crippen LogP contribution in [0.1, 0.15) is 40.5 Å². The van der Waals surface area contributed by atoms with Crippen LogP contribution in [0.2, 0.25) is 0 Å². The van der Waals surface area contributed by atoms with Gasteiger partial charge in [0.05, 0.1) is 5.69 Å². The molecule has 3 aromatic heterocycles. The van der Waals surface area contributed by atoms with Crippen LogP contribution in [0.3, 0.4) is 0 Å².